The molecule has 2 radical (unpaired) electrons. The van der Waals surface area contributed by atoms with E-state index in [1.165, 1.54) is 57.8 Å². The zero-order valence-corrected chi connectivity index (χ0v) is 16.5. The Labute approximate surface area is 152 Å². The van der Waals surface area contributed by atoms with Crippen LogP contribution in [0.15, 0.2) is 0 Å². The molecule has 0 aliphatic carbocycles. The average Bonchev–Trinajstić information content (AvgIpc) is 2.16. The summed E-state index contributed by atoms with van der Waals surface area (Å²) in [4.78, 5) is 0. The first kappa shape index (κ1) is 22.8. The Kier molecular flexibility index (Phi) is 33.4. The minimum absolute atomic E-state index is 0. The molecule has 0 aliphatic heterocycles. The fraction of sp³-hybridized carbons (Fsp3) is 1.00. The van der Waals surface area contributed by atoms with Crippen LogP contribution in [0.2, 0.25) is 0 Å². The van der Waals surface area contributed by atoms with Gasteiger partial charge in [-0.05, 0) is 24.3 Å². The minimum atomic E-state index is 0. The van der Waals surface area contributed by atoms with Gasteiger partial charge in [0.1, 0.15) is 0 Å². The second-order valence-electron chi connectivity index (χ2n) is 3.63. The molecule has 0 aromatic heterocycles. The molecular weight excluding hydrogens is 242 g/mol. The van der Waals surface area contributed by atoms with Crippen molar-refractivity contribution in [1.82, 2.24) is 0 Å². The van der Waals surface area contributed by atoms with Crippen molar-refractivity contribution in [2.45, 2.75) is 57.8 Å². The zero-order valence-electron chi connectivity index (χ0n) is 10.7. The summed E-state index contributed by atoms with van der Waals surface area (Å²) in [5, 5.41) is 0. The molecule has 0 rings (SSSR count). The van der Waals surface area contributed by atoms with Crippen LogP contribution in [0.4, 0.5) is 0 Å². The van der Waals surface area contributed by atoms with Crippen LogP contribution in [-0.2, 0) is 0 Å². The van der Waals surface area contributed by atoms with Gasteiger partial charge in [0.25, 0.3) is 0 Å². The van der Waals surface area contributed by atoms with Gasteiger partial charge in [0.2, 0.25) is 0 Å². The molecule has 0 spiro atoms. The van der Waals surface area contributed by atoms with Gasteiger partial charge in [0.05, 0.1) is 0 Å². The van der Waals surface area contributed by atoms with Crippen molar-refractivity contribution >= 4 is 84.4 Å². The fourth-order valence-electron chi connectivity index (χ4n) is 1.46. The molecule has 0 amide bonds. The van der Waals surface area contributed by atoms with E-state index >= 15 is 0 Å². The van der Waals surface area contributed by atoms with E-state index in [1.807, 2.05) is 0 Å². The first-order valence-corrected chi connectivity index (χ1v) is 6.90. The molecule has 82 valence electrons. The van der Waals surface area contributed by atoms with Gasteiger partial charge < -0.3 is 0 Å². The van der Waals surface area contributed by atoms with E-state index in [-0.39, 0.29) is 59.1 Å². The van der Waals surface area contributed by atoms with Gasteiger partial charge in [-0.15, -0.1) is 0 Å². The van der Waals surface area contributed by atoms with E-state index in [2.05, 4.69) is 25.3 Å². The monoisotopic (exact) mass is 266 g/mol. The SMILES string of the molecule is SCCCCCCCCCCCS.[Na].[Na]. The van der Waals surface area contributed by atoms with Crippen LogP contribution in [0.1, 0.15) is 57.8 Å². The number of hydrogen-bond acceptors (Lipinski definition) is 2. The summed E-state index contributed by atoms with van der Waals surface area (Å²) in [5.41, 5.74) is 0. The molecule has 0 fully saturated rings. The van der Waals surface area contributed by atoms with Crippen LogP contribution in [-0.4, -0.2) is 70.6 Å². The Morgan fingerprint density at radius 1 is 0.400 bits per heavy atom. The number of unbranched alkanes of at least 4 members (excludes halogenated alkanes) is 8. The Balaban J connectivity index is -0.000000720. The first-order chi connectivity index (χ1) is 6.41. The molecule has 0 N–H and O–H groups in total. The Morgan fingerprint density at radius 3 is 0.800 bits per heavy atom. The van der Waals surface area contributed by atoms with Crippen LogP contribution in [0.3, 0.4) is 0 Å². The maximum atomic E-state index is 4.20. The fourth-order valence-corrected chi connectivity index (χ4v) is 1.91. The summed E-state index contributed by atoms with van der Waals surface area (Å²) in [6.45, 7) is 0. The molecule has 0 aromatic carbocycles. The smallest absolute Gasteiger partial charge is 0 e. The largest absolute Gasteiger partial charge is 0.179 e. The van der Waals surface area contributed by atoms with E-state index in [4.69, 9.17) is 0 Å². The summed E-state index contributed by atoms with van der Waals surface area (Å²) < 4.78 is 0. The summed E-state index contributed by atoms with van der Waals surface area (Å²) in [6, 6.07) is 0. The van der Waals surface area contributed by atoms with Gasteiger partial charge in [-0.25, -0.2) is 0 Å². The predicted octanol–water partition coefficient (Wildman–Crippen LogP) is 3.60. The molecule has 0 aromatic rings. The summed E-state index contributed by atoms with van der Waals surface area (Å²) in [7, 11) is 0. The molecule has 0 nitrogen and oxygen atoms in total. The van der Waals surface area contributed by atoms with Crippen molar-refractivity contribution in [3.63, 3.8) is 0 Å². The summed E-state index contributed by atoms with van der Waals surface area (Å²) >= 11 is 8.39. The van der Waals surface area contributed by atoms with Crippen molar-refractivity contribution in [1.29, 1.82) is 0 Å². The summed E-state index contributed by atoms with van der Waals surface area (Å²) in [6.07, 6.45) is 12.4. The third kappa shape index (κ3) is 22.4. The molecule has 0 bridgehead atoms. The Bertz CT molecular complexity index is 82.7. The van der Waals surface area contributed by atoms with Gasteiger partial charge >= 0.3 is 0 Å². The predicted molar refractivity (Wildman–Crippen MR) is 80.8 cm³/mol. The van der Waals surface area contributed by atoms with E-state index in [0.717, 1.165) is 11.5 Å². The number of rotatable bonds is 10. The minimum Gasteiger partial charge on any atom is -0.179 e. The topological polar surface area (TPSA) is 0 Å². The second kappa shape index (κ2) is 21.9. The molecule has 0 unspecified atom stereocenters. The molecular formula is C11H24Na2S2. The third-order valence-corrected chi connectivity index (χ3v) is 2.95. The molecule has 0 heterocycles. The maximum absolute atomic E-state index is 4.20. The van der Waals surface area contributed by atoms with Crippen LogP contribution in [0, 0.1) is 0 Å². The Hall–Kier alpha value is 2.70. The molecule has 0 saturated heterocycles. The normalized spacial score (nSPS) is 9.20. The molecule has 0 aliphatic rings. The number of thiol groups is 2. The quantitative estimate of drug-likeness (QED) is 0.337. The van der Waals surface area contributed by atoms with Crippen molar-refractivity contribution < 1.29 is 0 Å². The van der Waals surface area contributed by atoms with E-state index in [1.54, 1.807) is 0 Å². The van der Waals surface area contributed by atoms with Gasteiger partial charge in [0.15, 0.2) is 0 Å². The maximum Gasteiger partial charge on any atom is 0 e. The van der Waals surface area contributed by atoms with Crippen LogP contribution in [0.5, 0.6) is 0 Å². The van der Waals surface area contributed by atoms with Crippen LogP contribution in [0.25, 0.3) is 0 Å². The van der Waals surface area contributed by atoms with Gasteiger partial charge in [-0.3, -0.25) is 0 Å². The molecule has 15 heavy (non-hydrogen) atoms. The second-order valence-corrected chi connectivity index (χ2v) is 4.52. The van der Waals surface area contributed by atoms with E-state index < -0.39 is 0 Å². The summed E-state index contributed by atoms with van der Waals surface area (Å²) in [5.74, 6) is 2.11. The van der Waals surface area contributed by atoms with Crippen LogP contribution < -0.4 is 0 Å². The van der Waals surface area contributed by atoms with Gasteiger partial charge in [-0.2, -0.15) is 25.3 Å². The molecule has 0 atom stereocenters. The van der Waals surface area contributed by atoms with Crippen molar-refractivity contribution in [3.8, 4) is 0 Å². The van der Waals surface area contributed by atoms with Gasteiger partial charge in [0, 0.05) is 59.1 Å². The Morgan fingerprint density at radius 2 is 0.600 bits per heavy atom. The zero-order chi connectivity index (χ0) is 9.78. The van der Waals surface area contributed by atoms with E-state index in [0.29, 0.717) is 0 Å². The molecule has 4 heteroatoms. The first-order valence-electron chi connectivity index (χ1n) is 5.63. The molecule has 0 saturated carbocycles. The van der Waals surface area contributed by atoms with E-state index in [9.17, 15) is 0 Å². The standard InChI is InChI=1S/C11H24S2.2Na/c12-10-8-6-4-2-1-3-5-7-9-11-13;;/h12-13H,1-11H2;;. The number of hydrogen-bond donors (Lipinski definition) is 2. The van der Waals surface area contributed by atoms with Crippen molar-refractivity contribution in [2.24, 2.45) is 0 Å². The van der Waals surface area contributed by atoms with Crippen molar-refractivity contribution in [2.75, 3.05) is 11.5 Å². The van der Waals surface area contributed by atoms with Crippen LogP contribution >= 0.6 is 25.3 Å². The van der Waals surface area contributed by atoms with Gasteiger partial charge in [-0.1, -0.05) is 44.9 Å². The van der Waals surface area contributed by atoms with Crippen molar-refractivity contribution in [3.05, 3.63) is 0 Å². The third-order valence-electron chi connectivity index (χ3n) is 2.32. The average molecular weight is 266 g/mol.